The van der Waals surface area contributed by atoms with Crippen LogP contribution >= 0.6 is 11.6 Å². The monoisotopic (exact) mass is 353 g/mol. The van der Waals surface area contributed by atoms with Crippen LogP contribution in [0.3, 0.4) is 0 Å². The molecule has 0 N–H and O–H groups in total. The Morgan fingerprint density at radius 1 is 1.29 bits per heavy atom. The summed E-state index contributed by atoms with van der Waals surface area (Å²) >= 11 is 5.72. The molecular formula is C12H16ClNO5S2. The standard InChI is InChI=1S/C12H16ClNO5S2/c1-19-11-8-10(9-13)2-3-12(11)21(17,18)14-4-6-20(15,16)7-5-14/h2-3,8H,4-7,9H2,1H3. The molecule has 0 bridgehead atoms. The molecule has 0 unspecified atom stereocenters. The normalized spacial score (nSPS) is 19.3. The molecular weight excluding hydrogens is 338 g/mol. The van der Waals surface area contributed by atoms with E-state index in [0.29, 0.717) is 0 Å². The molecule has 0 radical (unpaired) electrons. The molecule has 1 aliphatic rings. The molecule has 1 fully saturated rings. The van der Waals surface area contributed by atoms with E-state index in [2.05, 4.69) is 0 Å². The van der Waals surface area contributed by atoms with Gasteiger partial charge in [-0.15, -0.1) is 11.6 Å². The first-order chi connectivity index (χ1) is 9.80. The molecule has 1 aromatic carbocycles. The molecule has 0 atom stereocenters. The first-order valence-corrected chi connectivity index (χ1v) is 10.0. The van der Waals surface area contributed by atoms with Gasteiger partial charge in [-0.1, -0.05) is 6.07 Å². The average molecular weight is 354 g/mol. The number of nitrogens with zero attached hydrogens (tertiary/aromatic N) is 1. The SMILES string of the molecule is COc1cc(CCl)ccc1S(=O)(=O)N1CCS(=O)(=O)CC1. The fourth-order valence-electron chi connectivity index (χ4n) is 2.08. The van der Waals surface area contributed by atoms with Crippen molar-refractivity contribution in [1.82, 2.24) is 4.31 Å². The number of ether oxygens (including phenoxy) is 1. The van der Waals surface area contributed by atoms with Crippen molar-refractivity contribution < 1.29 is 21.6 Å². The Labute approximate surface area is 129 Å². The zero-order valence-corrected chi connectivity index (χ0v) is 13.8. The zero-order chi connectivity index (χ0) is 15.7. The van der Waals surface area contributed by atoms with E-state index in [9.17, 15) is 16.8 Å². The Bertz CT molecular complexity index is 716. The lowest BCUT2D eigenvalue weighted by molar-refractivity contribution is 0.393. The Balaban J connectivity index is 2.36. The first-order valence-electron chi connectivity index (χ1n) is 6.23. The first kappa shape index (κ1) is 16.5. The van der Waals surface area contributed by atoms with Crippen molar-refractivity contribution in [3.63, 3.8) is 0 Å². The van der Waals surface area contributed by atoms with Crippen molar-refractivity contribution in [3.05, 3.63) is 23.8 Å². The van der Waals surface area contributed by atoms with Crippen molar-refractivity contribution in [2.75, 3.05) is 31.7 Å². The van der Waals surface area contributed by atoms with Gasteiger partial charge >= 0.3 is 0 Å². The van der Waals surface area contributed by atoms with Crippen molar-refractivity contribution in [3.8, 4) is 5.75 Å². The van der Waals surface area contributed by atoms with E-state index in [4.69, 9.17) is 16.3 Å². The second kappa shape index (κ2) is 6.12. The Hall–Kier alpha value is -0.830. The summed E-state index contributed by atoms with van der Waals surface area (Å²) in [6.45, 7) is -0.0733. The van der Waals surface area contributed by atoms with E-state index in [-0.39, 0.29) is 41.1 Å². The lowest BCUT2D eigenvalue weighted by Gasteiger charge is -2.26. The molecule has 2 rings (SSSR count). The minimum absolute atomic E-state index is 0.0261. The van der Waals surface area contributed by atoms with Gasteiger partial charge in [0.05, 0.1) is 18.6 Å². The maximum atomic E-state index is 12.6. The summed E-state index contributed by atoms with van der Waals surface area (Å²) in [5.74, 6) is 0.142. The predicted octanol–water partition coefficient (Wildman–Crippen LogP) is 0.853. The lowest BCUT2D eigenvalue weighted by atomic mass is 10.2. The van der Waals surface area contributed by atoms with Gasteiger partial charge in [0.15, 0.2) is 9.84 Å². The maximum Gasteiger partial charge on any atom is 0.246 e. The summed E-state index contributed by atoms with van der Waals surface area (Å²) in [5.41, 5.74) is 0.744. The third-order valence-corrected chi connectivity index (χ3v) is 7.16. The molecule has 1 aliphatic heterocycles. The van der Waals surface area contributed by atoms with Crippen LogP contribution in [0.15, 0.2) is 23.1 Å². The third kappa shape index (κ3) is 3.50. The van der Waals surface area contributed by atoms with Crippen LogP contribution in [0.1, 0.15) is 5.56 Å². The Morgan fingerprint density at radius 3 is 2.43 bits per heavy atom. The fourth-order valence-corrected chi connectivity index (χ4v) is 5.26. The van der Waals surface area contributed by atoms with Gasteiger partial charge in [-0.05, 0) is 17.7 Å². The van der Waals surface area contributed by atoms with Crippen LogP contribution in [-0.2, 0) is 25.7 Å². The Kier molecular flexibility index (Phi) is 4.82. The number of hydrogen-bond donors (Lipinski definition) is 0. The molecule has 0 aromatic heterocycles. The van der Waals surface area contributed by atoms with Crippen molar-refractivity contribution in [1.29, 1.82) is 0 Å². The van der Waals surface area contributed by atoms with Crippen LogP contribution in [0.5, 0.6) is 5.75 Å². The van der Waals surface area contributed by atoms with E-state index < -0.39 is 19.9 Å². The van der Waals surface area contributed by atoms with E-state index >= 15 is 0 Å². The summed E-state index contributed by atoms with van der Waals surface area (Å²) in [4.78, 5) is 0.0261. The maximum absolute atomic E-state index is 12.6. The number of halogens is 1. The minimum atomic E-state index is -3.78. The summed E-state index contributed by atoms with van der Waals surface area (Å²) < 4.78 is 54.3. The molecule has 0 spiro atoms. The minimum Gasteiger partial charge on any atom is -0.495 e. The molecule has 0 amide bonds. The largest absolute Gasteiger partial charge is 0.495 e. The average Bonchev–Trinajstić information content (AvgIpc) is 2.46. The van der Waals surface area contributed by atoms with Gasteiger partial charge < -0.3 is 4.74 Å². The lowest BCUT2D eigenvalue weighted by Crippen LogP contribution is -2.43. The fraction of sp³-hybridized carbons (Fsp3) is 0.500. The van der Waals surface area contributed by atoms with Crippen LogP contribution in [0.4, 0.5) is 0 Å². The van der Waals surface area contributed by atoms with Crippen LogP contribution in [0, 0.1) is 0 Å². The highest BCUT2D eigenvalue weighted by molar-refractivity contribution is 7.92. The van der Waals surface area contributed by atoms with Crippen LogP contribution < -0.4 is 4.74 Å². The second-order valence-electron chi connectivity index (χ2n) is 4.67. The number of sulfone groups is 1. The van der Waals surface area contributed by atoms with Crippen molar-refractivity contribution >= 4 is 31.5 Å². The van der Waals surface area contributed by atoms with Crippen LogP contribution in [0.25, 0.3) is 0 Å². The van der Waals surface area contributed by atoms with Crippen LogP contribution in [0.2, 0.25) is 0 Å². The quantitative estimate of drug-likeness (QED) is 0.750. The summed E-state index contributed by atoms with van der Waals surface area (Å²) in [7, 11) is -5.54. The topological polar surface area (TPSA) is 80.8 Å². The molecule has 6 nitrogen and oxygen atoms in total. The summed E-state index contributed by atoms with van der Waals surface area (Å²) in [6, 6.07) is 4.62. The number of sulfonamides is 1. The number of hydrogen-bond acceptors (Lipinski definition) is 5. The highest BCUT2D eigenvalue weighted by atomic mass is 35.5. The summed E-state index contributed by atoms with van der Waals surface area (Å²) in [5, 5.41) is 0. The van der Waals surface area contributed by atoms with Gasteiger partial charge in [-0.3, -0.25) is 0 Å². The highest BCUT2D eigenvalue weighted by Crippen LogP contribution is 2.29. The summed E-state index contributed by atoms with van der Waals surface area (Å²) in [6.07, 6.45) is 0. The van der Waals surface area contributed by atoms with E-state index in [1.807, 2.05) is 0 Å². The van der Waals surface area contributed by atoms with Gasteiger partial charge in [0.1, 0.15) is 10.6 Å². The second-order valence-corrected chi connectivity index (χ2v) is 9.15. The molecule has 9 heteroatoms. The van der Waals surface area contributed by atoms with E-state index in [0.717, 1.165) is 5.56 Å². The molecule has 1 aromatic rings. The smallest absolute Gasteiger partial charge is 0.246 e. The zero-order valence-electron chi connectivity index (χ0n) is 11.5. The molecule has 118 valence electrons. The van der Waals surface area contributed by atoms with E-state index in [1.165, 1.54) is 17.5 Å². The number of methoxy groups -OCH3 is 1. The molecule has 0 aliphatic carbocycles. The van der Waals surface area contributed by atoms with Crippen molar-refractivity contribution in [2.45, 2.75) is 10.8 Å². The molecule has 1 saturated heterocycles. The molecule has 21 heavy (non-hydrogen) atoms. The Morgan fingerprint density at radius 2 is 1.90 bits per heavy atom. The van der Waals surface area contributed by atoms with Crippen molar-refractivity contribution in [2.24, 2.45) is 0 Å². The number of alkyl halides is 1. The van der Waals surface area contributed by atoms with Gasteiger partial charge in [-0.25, -0.2) is 16.8 Å². The van der Waals surface area contributed by atoms with Gasteiger partial charge in [-0.2, -0.15) is 4.31 Å². The third-order valence-electron chi connectivity index (χ3n) is 3.30. The number of benzene rings is 1. The van der Waals surface area contributed by atoms with Gasteiger partial charge in [0.2, 0.25) is 10.0 Å². The van der Waals surface area contributed by atoms with Gasteiger partial charge in [0, 0.05) is 19.0 Å². The van der Waals surface area contributed by atoms with Gasteiger partial charge in [0.25, 0.3) is 0 Å². The van der Waals surface area contributed by atoms with E-state index in [1.54, 1.807) is 12.1 Å². The molecule has 0 saturated carbocycles. The van der Waals surface area contributed by atoms with Crippen LogP contribution in [-0.4, -0.2) is 52.8 Å². The molecule has 1 heterocycles. The number of rotatable bonds is 4. The highest BCUT2D eigenvalue weighted by Gasteiger charge is 2.33. The predicted molar refractivity (Wildman–Crippen MR) is 80.0 cm³/mol.